The van der Waals surface area contributed by atoms with Gasteiger partial charge in [0, 0.05) is 21.5 Å². The molecule has 0 unspecified atom stereocenters. The fraction of sp³-hybridized carbons (Fsp3) is 0.417. The number of rotatable bonds is 11. The maximum Gasteiger partial charge on any atom is 0.136 e. The highest BCUT2D eigenvalue weighted by atomic mass is 32.2. The van der Waals surface area contributed by atoms with E-state index in [0.717, 1.165) is 63.8 Å². The van der Waals surface area contributed by atoms with Gasteiger partial charge in [0.05, 0.1) is 0 Å². The molecule has 0 aliphatic heterocycles. The minimum atomic E-state index is 0.676. The molecule has 0 saturated carbocycles. The Labute approximate surface area is 177 Å². The van der Waals surface area contributed by atoms with Crippen LogP contribution in [0.5, 0.6) is 11.5 Å². The molecule has 150 valence electrons. The molecule has 0 N–H and O–H groups in total. The van der Waals surface area contributed by atoms with Gasteiger partial charge >= 0.3 is 0 Å². The van der Waals surface area contributed by atoms with Crippen LogP contribution >= 0.6 is 23.5 Å². The van der Waals surface area contributed by atoms with Crippen molar-refractivity contribution >= 4 is 45.1 Å². The van der Waals surface area contributed by atoms with Crippen molar-refractivity contribution in [2.24, 2.45) is 0 Å². The second-order valence-corrected chi connectivity index (χ2v) is 8.88. The van der Waals surface area contributed by atoms with Crippen molar-refractivity contribution in [1.29, 1.82) is 0 Å². The molecule has 0 bridgehead atoms. The van der Waals surface area contributed by atoms with Crippen LogP contribution < -0.4 is 9.47 Å². The smallest absolute Gasteiger partial charge is 0.136 e. The van der Waals surface area contributed by atoms with Crippen LogP contribution in [0.15, 0.2) is 42.5 Å². The monoisotopic (exact) mass is 414 g/mol. The molecule has 3 rings (SSSR count). The van der Waals surface area contributed by atoms with E-state index in [9.17, 15) is 0 Å². The van der Waals surface area contributed by atoms with E-state index in [-0.39, 0.29) is 0 Å². The van der Waals surface area contributed by atoms with Gasteiger partial charge in [-0.25, -0.2) is 0 Å². The maximum atomic E-state index is 6.33. The van der Waals surface area contributed by atoms with Crippen LogP contribution in [-0.4, -0.2) is 23.4 Å². The summed E-state index contributed by atoms with van der Waals surface area (Å²) in [7, 11) is 0. The topological polar surface area (TPSA) is 18.5 Å². The number of benzene rings is 3. The molecule has 0 atom stereocenters. The van der Waals surface area contributed by atoms with Crippen molar-refractivity contribution in [3.05, 3.63) is 48.0 Å². The van der Waals surface area contributed by atoms with Crippen molar-refractivity contribution in [3.8, 4) is 11.5 Å². The largest absolute Gasteiger partial charge is 0.482 e. The van der Waals surface area contributed by atoms with E-state index in [4.69, 9.17) is 9.47 Å². The Balaban J connectivity index is 2.10. The summed E-state index contributed by atoms with van der Waals surface area (Å²) in [5.41, 5.74) is 1.32. The molecule has 2 nitrogen and oxygen atoms in total. The first kappa shape index (κ1) is 21.2. The highest BCUT2D eigenvalue weighted by Gasteiger charge is 2.16. The fourth-order valence-corrected chi connectivity index (χ4v) is 4.50. The highest BCUT2D eigenvalue weighted by molar-refractivity contribution is 7.99. The molecule has 0 aliphatic carbocycles. The first-order valence-corrected chi connectivity index (χ1v) is 12.5. The van der Waals surface area contributed by atoms with E-state index in [1.807, 2.05) is 23.5 Å². The van der Waals surface area contributed by atoms with Gasteiger partial charge in [-0.1, -0.05) is 57.2 Å². The minimum absolute atomic E-state index is 0.676. The van der Waals surface area contributed by atoms with Gasteiger partial charge in [0.25, 0.3) is 0 Å². The third kappa shape index (κ3) is 4.90. The average Bonchev–Trinajstić information content (AvgIpc) is 2.74. The minimum Gasteiger partial charge on any atom is -0.482 e. The normalized spacial score (nSPS) is 11.2. The van der Waals surface area contributed by atoms with Crippen LogP contribution in [0.4, 0.5) is 0 Å². The Morgan fingerprint density at radius 1 is 0.679 bits per heavy atom. The zero-order chi connectivity index (χ0) is 19.8. The van der Waals surface area contributed by atoms with Crippen molar-refractivity contribution < 1.29 is 9.47 Å². The summed E-state index contributed by atoms with van der Waals surface area (Å²) in [6, 6.07) is 15.1. The van der Waals surface area contributed by atoms with Crippen LogP contribution in [0.3, 0.4) is 0 Å². The lowest BCUT2D eigenvalue weighted by Crippen LogP contribution is -2.00. The number of thioether (sulfide) groups is 2. The molecule has 0 heterocycles. The summed E-state index contributed by atoms with van der Waals surface area (Å²) in [4.78, 5) is 0. The SMILES string of the molecule is CCCSCOc1c2ccccc2c(OCSCCC)c2cc(CC)ccc12. The van der Waals surface area contributed by atoms with Crippen molar-refractivity contribution in [2.75, 3.05) is 23.4 Å². The van der Waals surface area contributed by atoms with E-state index in [1.54, 1.807) is 0 Å². The lowest BCUT2D eigenvalue weighted by atomic mass is 9.98. The van der Waals surface area contributed by atoms with Gasteiger partial charge in [-0.15, -0.1) is 23.5 Å². The van der Waals surface area contributed by atoms with Gasteiger partial charge in [0.2, 0.25) is 0 Å². The Morgan fingerprint density at radius 2 is 1.21 bits per heavy atom. The molecule has 0 aromatic heterocycles. The third-order valence-corrected chi connectivity index (χ3v) is 6.63. The van der Waals surface area contributed by atoms with Gasteiger partial charge in [-0.05, 0) is 42.4 Å². The molecule has 4 heteroatoms. The molecule has 0 spiro atoms. The standard InChI is InChI=1S/C24H30O2S2/c1-4-13-27-16-25-23-19-9-7-8-10-20(19)24(26-17-28-14-5-2)22-15-18(6-3)11-12-21(22)23/h7-12,15H,4-6,13-14,16-17H2,1-3H3. The van der Waals surface area contributed by atoms with Crippen LogP contribution in [0.1, 0.15) is 39.2 Å². The average molecular weight is 415 g/mol. The predicted octanol–water partition coefficient (Wildman–Crippen LogP) is 7.51. The third-order valence-electron chi connectivity index (χ3n) is 4.67. The Hall–Kier alpha value is -1.52. The van der Waals surface area contributed by atoms with Gasteiger partial charge in [-0.2, -0.15) is 0 Å². The van der Waals surface area contributed by atoms with Gasteiger partial charge in [0.1, 0.15) is 23.4 Å². The predicted molar refractivity (Wildman–Crippen MR) is 127 cm³/mol. The molecule has 0 aliphatic rings. The van der Waals surface area contributed by atoms with Crippen LogP contribution in [-0.2, 0) is 6.42 Å². The molecule has 3 aromatic rings. The summed E-state index contributed by atoms with van der Waals surface area (Å²) in [5.74, 6) is 5.55. The summed E-state index contributed by atoms with van der Waals surface area (Å²) in [6.45, 7) is 6.60. The van der Waals surface area contributed by atoms with Gasteiger partial charge in [-0.3, -0.25) is 0 Å². The highest BCUT2D eigenvalue weighted by Crippen LogP contribution is 2.43. The van der Waals surface area contributed by atoms with Crippen LogP contribution in [0.25, 0.3) is 21.5 Å². The van der Waals surface area contributed by atoms with E-state index in [2.05, 4.69) is 63.2 Å². The molecule has 0 amide bonds. The Morgan fingerprint density at radius 3 is 1.75 bits per heavy atom. The second-order valence-electron chi connectivity index (χ2n) is 6.78. The zero-order valence-corrected chi connectivity index (χ0v) is 18.8. The first-order chi connectivity index (χ1) is 13.8. The molecule has 0 saturated heterocycles. The number of hydrogen-bond acceptors (Lipinski definition) is 4. The molecular formula is C24H30O2S2. The van der Waals surface area contributed by atoms with E-state index in [0.29, 0.717) is 11.9 Å². The second kappa shape index (κ2) is 10.9. The summed E-state index contributed by atoms with van der Waals surface area (Å²) < 4.78 is 12.6. The van der Waals surface area contributed by atoms with E-state index >= 15 is 0 Å². The first-order valence-electron chi connectivity index (χ1n) is 10.2. The maximum absolute atomic E-state index is 6.33. The van der Waals surface area contributed by atoms with Gasteiger partial charge in [0.15, 0.2) is 0 Å². The number of hydrogen-bond donors (Lipinski definition) is 0. The summed E-state index contributed by atoms with van der Waals surface area (Å²) >= 11 is 3.68. The fourth-order valence-electron chi connectivity index (χ4n) is 3.29. The number of aryl methyl sites for hydroxylation is 1. The van der Waals surface area contributed by atoms with Crippen LogP contribution in [0.2, 0.25) is 0 Å². The van der Waals surface area contributed by atoms with E-state index < -0.39 is 0 Å². The van der Waals surface area contributed by atoms with Crippen molar-refractivity contribution in [3.63, 3.8) is 0 Å². The molecule has 3 aromatic carbocycles. The number of fused-ring (bicyclic) bond motifs is 2. The Bertz CT molecular complexity index is 908. The van der Waals surface area contributed by atoms with Gasteiger partial charge < -0.3 is 9.47 Å². The summed E-state index contributed by atoms with van der Waals surface area (Å²) in [5, 5.41) is 4.57. The lowest BCUT2D eigenvalue weighted by Gasteiger charge is -2.18. The van der Waals surface area contributed by atoms with Crippen molar-refractivity contribution in [2.45, 2.75) is 40.0 Å². The molecular weight excluding hydrogens is 384 g/mol. The van der Waals surface area contributed by atoms with E-state index in [1.165, 1.54) is 5.56 Å². The number of ether oxygens (including phenoxy) is 2. The van der Waals surface area contributed by atoms with Crippen LogP contribution in [0, 0.1) is 0 Å². The lowest BCUT2D eigenvalue weighted by molar-refractivity contribution is 0.395. The molecule has 0 radical (unpaired) electrons. The Kier molecular flexibility index (Phi) is 8.23. The molecule has 0 fully saturated rings. The summed E-state index contributed by atoms with van der Waals surface area (Å²) in [6.07, 6.45) is 3.34. The quantitative estimate of drug-likeness (QED) is 0.183. The van der Waals surface area contributed by atoms with Crippen molar-refractivity contribution in [1.82, 2.24) is 0 Å². The zero-order valence-electron chi connectivity index (χ0n) is 17.1. The molecule has 28 heavy (non-hydrogen) atoms.